The number of hydrogen-bond acceptors (Lipinski definition) is 4. The SMILES string of the molecule is COc1cc(C(=O)O)cc(OC)c1C#CCCNC(C)=O. The van der Waals surface area contributed by atoms with Crippen LogP contribution in [0.4, 0.5) is 0 Å². The maximum Gasteiger partial charge on any atom is 0.335 e. The normalized spacial score (nSPS) is 9.29. The van der Waals surface area contributed by atoms with Gasteiger partial charge in [-0.2, -0.15) is 0 Å². The Morgan fingerprint density at radius 1 is 1.24 bits per heavy atom. The molecule has 0 fully saturated rings. The van der Waals surface area contributed by atoms with Crippen LogP contribution < -0.4 is 14.8 Å². The van der Waals surface area contributed by atoms with Crippen molar-refractivity contribution in [3.63, 3.8) is 0 Å². The number of carboxylic acids is 1. The highest BCUT2D eigenvalue weighted by molar-refractivity contribution is 5.89. The zero-order valence-corrected chi connectivity index (χ0v) is 12.1. The molecule has 112 valence electrons. The van der Waals surface area contributed by atoms with Gasteiger partial charge in [-0.15, -0.1) is 0 Å². The average Bonchev–Trinajstić information content (AvgIpc) is 2.45. The van der Waals surface area contributed by atoms with Gasteiger partial charge in [-0.1, -0.05) is 11.8 Å². The first-order chi connectivity index (χ1) is 9.99. The maximum absolute atomic E-state index is 11.0. The largest absolute Gasteiger partial charge is 0.495 e. The van der Waals surface area contributed by atoms with Crippen LogP contribution in [0.1, 0.15) is 29.3 Å². The van der Waals surface area contributed by atoms with E-state index in [1.807, 2.05) is 0 Å². The molecule has 0 atom stereocenters. The number of ether oxygens (including phenoxy) is 2. The first-order valence-electron chi connectivity index (χ1n) is 6.22. The molecule has 0 bridgehead atoms. The fraction of sp³-hybridized carbons (Fsp3) is 0.333. The minimum atomic E-state index is -1.07. The summed E-state index contributed by atoms with van der Waals surface area (Å²) in [5.41, 5.74) is 0.542. The molecule has 0 aromatic heterocycles. The van der Waals surface area contributed by atoms with E-state index < -0.39 is 5.97 Å². The number of rotatable bonds is 5. The summed E-state index contributed by atoms with van der Waals surface area (Å²) in [6.45, 7) is 1.88. The van der Waals surface area contributed by atoms with Gasteiger partial charge in [-0.3, -0.25) is 4.79 Å². The van der Waals surface area contributed by atoms with Crippen molar-refractivity contribution in [3.05, 3.63) is 23.3 Å². The number of benzene rings is 1. The highest BCUT2D eigenvalue weighted by atomic mass is 16.5. The fourth-order valence-corrected chi connectivity index (χ4v) is 1.61. The molecule has 0 radical (unpaired) electrons. The minimum Gasteiger partial charge on any atom is -0.495 e. The van der Waals surface area contributed by atoms with E-state index >= 15 is 0 Å². The molecule has 0 aliphatic carbocycles. The topological polar surface area (TPSA) is 84.9 Å². The molecule has 6 heteroatoms. The quantitative estimate of drug-likeness (QED) is 0.630. The van der Waals surface area contributed by atoms with Crippen molar-refractivity contribution in [2.45, 2.75) is 13.3 Å². The van der Waals surface area contributed by atoms with Crippen LogP contribution in [-0.2, 0) is 4.79 Å². The van der Waals surface area contributed by atoms with Gasteiger partial charge in [-0.25, -0.2) is 4.79 Å². The Morgan fingerprint density at radius 2 is 1.81 bits per heavy atom. The van der Waals surface area contributed by atoms with Crippen molar-refractivity contribution in [2.75, 3.05) is 20.8 Å². The van der Waals surface area contributed by atoms with E-state index in [9.17, 15) is 9.59 Å². The number of methoxy groups -OCH3 is 2. The fourth-order valence-electron chi connectivity index (χ4n) is 1.61. The summed E-state index contributed by atoms with van der Waals surface area (Å²) in [6, 6.07) is 2.78. The number of amides is 1. The predicted molar refractivity (Wildman–Crippen MR) is 76.7 cm³/mol. The zero-order valence-electron chi connectivity index (χ0n) is 12.1. The van der Waals surface area contributed by atoms with E-state index in [1.54, 1.807) is 0 Å². The first-order valence-corrected chi connectivity index (χ1v) is 6.22. The van der Waals surface area contributed by atoms with Gasteiger partial charge in [0.15, 0.2) is 0 Å². The van der Waals surface area contributed by atoms with Crippen molar-refractivity contribution in [3.8, 4) is 23.3 Å². The van der Waals surface area contributed by atoms with Gasteiger partial charge in [0, 0.05) is 19.9 Å². The van der Waals surface area contributed by atoms with Crippen LogP contribution in [0.2, 0.25) is 0 Å². The van der Waals surface area contributed by atoms with Crippen molar-refractivity contribution < 1.29 is 24.2 Å². The predicted octanol–water partition coefficient (Wildman–Crippen LogP) is 1.28. The Balaban J connectivity index is 3.02. The summed E-state index contributed by atoms with van der Waals surface area (Å²) >= 11 is 0. The molecule has 21 heavy (non-hydrogen) atoms. The van der Waals surface area contributed by atoms with E-state index in [0.29, 0.717) is 30.0 Å². The third kappa shape index (κ3) is 4.73. The summed E-state index contributed by atoms with van der Waals surface area (Å²) in [5.74, 6) is 5.24. The summed E-state index contributed by atoms with van der Waals surface area (Å²) in [7, 11) is 2.87. The molecule has 1 rings (SSSR count). The Bertz CT molecular complexity index is 573. The van der Waals surface area contributed by atoms with Gasteiger partial charge >= 0.3 is 5.97 Å². The van der Waals surface area contributed by atoms with Crippen LogP contribution in [0.25, 0.3) is 0 Å². The molecule has 1 aromatic carbocycles. The number of hydrogen-bond donors (Lipinski definition) is 2. The molecule has 0 heterocycles. The van der Waals surface area contributed by atoms with Crippen LogP contribution >= 0.6 is 0 Å². The monoisotopic (exact) mass is 291 g/mol. The molecule has 0 spiro atoms. The Morgan fingerprint density at radius 3 is 2.24 bits per heavy atom. The number of nitrogens with one attached hydrogen (secondary N) is 1. The molecule has 6 nitrogen and oxygen atoms in total. The third-order valence-electron chi connectivity index (χ3n) is 2.59. The molecule has 1 amide bonds. The van der Waals surface area contributed by atoms with Crippen LogP contribution in [0.5, 0.6) is 11.5 Å². The van der Waals surface area contributed by atoms with Crippen LogP contribution in [-0.4, -0.2) is 37.7 Å². The van der Waals surface area contributed by atoms with Gasteiger partial charge < -0.3 is 19.9 Å². The van der Waals surface area contributed by atoms with Crippen molar-refractivity contribution in [2.24, 2.45) is 0 Å². The second-order valence-electron chi connectivity index (χ2n) is 4.10. The van der Waals surface area contributed by atoms with E-state index in [0.717, 1.165) is 0 Å². The van der Waals surface area contributed by atoms with Crippen LogP contribution in [0.3, 0.4) is 0 Å². The van der Waals surface area contributed by atoms with Crippen LogP contribution in [0.15, 0.2) is 12.1 Å². The molecule has 1 aromatic rings. The second-order valence-corrected chi connectivity index (χ2v) is 4.10. The van der Waals surface area contributed by atoms with Crippen molar-refractivity contribution in [1.82, 2.24) is 5.32 Å². The van der Waals surface area contributed by atoms with E-state index in [4.69, 9.17) is 14.6 Å². The zero-order chi connectivity index (χ0) is 15.8. The number of aromatic carboxylic acids is 1. The first kappa shape index (κ1) is 16.4. The van der Waals surface area contributed by atoms with Gasteiger partial charge in [0.25, 0.3) is 0 Å². The standard InChI is InChI=1S/C15H17NO5/c1-10(17)16-7-5-4-6-12-13(20-2)8-11(15(18)19)9-14(12)21-3/h8-9H,5,7H2,1-3H3,(H,16,17)(H,18,19). The van der Waals surface area contributed by atoms with Crippen LogP contribution in [0, 0.1) is 11.8 Å². The number of carbonyl (C=O) groups is 2. The molecule has 0 aliphatic rings. The van der Waals surface area contributed by atoms with Gasteiger partial charge in [0.05, 0.1) is 19.8 Å². The number of carboxylic acid groups (broad SMARTS) is 1. The molecule has 0 saturated carbocycles. The lowest BCUT2D eigenvalue weighted by Crippen LogP contribution is -2.20. The Kier molecular flexibility index (Phi) is 6.08. The highest BCUT2D eigenvalue weighted by Crippen LogP contribution is 2.29. The van der Waals surface area contributed by atoms with E-state index in [-0.39, 0.29) is 11.5 Å². The third-order valence-corrected chi connectivity index (χ3v) is 2.59. The summed E-state index contributed by atoms with van der Waals surface area (Å²) in [6.07, 6.45) is 0.465. The van der Waals surface area contributed by atoms with Gasteiger partial charge in [0.1, 0.15) is 17.1 Å². The molecule has 0 aliphatic heterocycles. The maximum atomic E-state index is 11.0. The minimum absolute atomic E-state index is 0.0625. The lowest BCUT2D eigenvalue weighted by Gasteiger charge is -2.10. The number of carbonyl (C=O) groups excluding carboxylic acids is 1. The lowest BCUT2D eigenvalue weighted by atomic mass is 10.1. The van der Waals surface area contributed by atoms with Crippen molar-refractivity contribution >= 4 is 11.9 Å². The average molecular weight is 291 g/mol. The van der Waals surface area contributed by atoms with Crippen molar-refractivity contribution in [1.29, 1.82) is 0 Å². The summed E-state index contributed by atoms with van der Waals surface area (Å²) < 4.78 is 10.3. The Hall–Kier alpha value is -2.68. The van der Waals surface area contributed by atoms with E-state index in [2.05, 4.69) is 17.2 Å². The van der Waals surface area contributed by atoms with Gasteiger partial charge in [-0.05, 0) is 12.1 Å². The van der Waals surface area contributed by atoms with Gasteiger partial charge in [0.2, 0.25) is 5.91 Å². The molecule has 0 saturated heterocycles. The molecule has 2 N–H and O–H groups in total. The second kappa shape index (κ2) is 7.80. The summed E-state index contributed by atoms with van der Waals surface area (Å²) in [4.78, 5) is 21.7. The molecular formula is C15H17NO5. The molecule has 0 unspecified atom stereocenters. The smallest absolute Gasteiger partial charge is 0.335 e. The Labute approximate surface area is 123 Å². The lowest BCUT2D eigenvalue weighted by molar-refractivity contribution is -0.118. The molecular weight excluding hydrogens is 274 g/mol. The van der Waals surface area contributed by atoms with E-state index in [1.165, 1.54) is 33.3 Å². The highest BCUT2D eigenvalue weighted by Gasteiger charge is 2.14. The summed E-state index contributed by atoms with van der Waals surface area (Å²) in [5, 5.41) is 11.7.